The Bertz CT molecular complexity index is 719. The minimum absolute atomic E-state index is 0.199. The van der Waals surface area contributed by atoms with E-state index in [0.29, 0.717) is 5.02 Å². The Morgan fingerprint density at radius 2 is 1.74 bits per heavy atom. The third-order valence-corrected chi connectivity index (χ3v) is 4.37. The summed E-state index contributed by atoms with van der Waals surface area (Å²) in [6.45, 7) is 0. The Labute approximate surface area is 144 Å². The molecular formula is C17H14Cl2N2O2. The minimum Gasteiger partial charge on any atom is -0.273 e. The van der Waals surface area contributed by atoms with Crippen molar-refractivity contribution in [3.05, 3.63) is 70.7 Å². The summed E-state index contributed by atoms with van der Waals surface area (Å²) in [5, 5.41) is 1.20. The quantitative estimate of drug-likeness (QED) is 0.681. The van der Waals surface area contributed by atoms with Crippen LogP contribution in [0.1, 0.15) is 17.2 Å². The molecule has 0 saturated carbocycles. The molecule has 0 bridgehead atoms. The molecule has 1 fully saturated rings. The highest BCUT2D eigenvalue weighted by Crippen LogP contribution is 2.37. The molecular weight excluding hydrogens is 335 g/mol. The first kappa shape index (κ1) is 15.8. The summed E-state index contributed by atoms with van der Waals surface area (Å²) in [4.78, 5) is 24.1. The molecule has 1 aliphatic heterocycles. The smallest absolute Gasteiger partial charge is 0.262 e. The molecule has 6 heteroatoms. The number of halogens is 2. The molecule has 1 aliphatic rings. The monoisotopic (exact) mass is 348 g/mol. The van der Waals surface area contributed by atoms with Crippen LogP contribution in [0.25, 0.3) is 0 Å². The van der Waals surface area contributed by atoms with Gasteiger partial charge in [0.1, 0.15) is 11.4 Å². The van der Waals surface area contributed by atoms with E-state index in [4.69, 9.17) is 23.2 Å². The van der Waals surface area contributed by atoms with E-state index in [0.717, 1.165) is 11.1 Å². The molecule has 4 nitrogen and oxygen atoms in total. The van der Waals surface area contributed by atoms with Gasteiger partial charge in [-0.3, -0.25) is 15.0 Å². The van der Waals surface area contributed by atoms with Crippen LogP contribution in [0.4, 0.5) is 0 Å². The molecule has 3 rings (SSSR count). The summed E-state index contributed by atoms with van der Waals surface area (Å²) >= 11 is 12.0. The summed E-state index contributed by atoms with van der Waals surface area (Å²) in [7, 11) is 0. The van der Waals surface area contributed by atoms with Crippen molar-refractivity contribution in [1.29, 1.82) is 0 Å². The number of nitrogens with zero attached hydrogens (tertiary/aromatic N) is 1. The van der Waals surface area contributed by atoms with Crippen LogP contribution < -0.4 is 5.43 Å². The lowest BCUT2D eigenvalue weighted by Gasteiger charge is -2.44. The molecule has 0 spiro atoms. The van der Waals surface area contributed by atoms with E-state index < -0.39 is 5.38 Å². The topological polar surface area (TPSA) is 49.4 Å². The number of carbonyl (C=O) groups is 2. The SMILES string of the molecule is O=C(Cc1ccccc1)NN1C(=O)[C@@H](Cl)[C@@H]1c1ccc(Cl)cc1. The Kier molecular flexibility index (Phi) is 4.55. The van der Waals surface area contributed by atoms with Gasteiger partial charge in [0.2, 0.25) is 5.91 Å². The van der Waals surface area contributed by atoms with Crippen molar-refractivity contribution in [1.82, 2.24) is 10.4 Å². The highest BCUT2D eigenvalue weighted by Gasteiger charge is 2.48. The van der Waals surface area contributed by atoms with Crippen molar-refractivity contribution < 1.29 is 9.59 Å². The van der Waals surface area contributed by atoms with Crippen molar-refractivity contribution in [2.45, 2.75) is 17.8 Å². The molecule has 1 saturated heterocycles. The zero-order valence-corrected chi connectivity index (χ0v) is 13.6. The average Bonchev–Trinajstić information content (AvgIpc) is 2.56. The number of rotatable bonds is 4. The molecule has 118 valence electrons. The second-order valence-corrected chi connectivity index (χ2v) is 6.21. The second kappa shape index (κ2) is 6.60. The van der Waals surface area contributed by atoms with Crippen molar-refractivity contribution in [3.63, 3.8) is 0 Å². The fourth-order valence-corrected chi connectivity index (χ4v) is 3.00. The van der Waals surface area contributed by atoms with Crippen molar-refractivity contribution in [2.24, 2.45) is 0 Å². The Morgan fingerprint density at radius 3 is 2.39 bits per heavy atom. The van der Waals surface area contributed by atoms with Crippen molar-refractivity contribution in [2.75, 3.05) is 0 Å². The summed E-state index contributed by atoms with van der Waals surface area (Å²) in [6.07, 6.45) is 0.199. The zero-order chi connectivity index (χ0) is 16.4. The molecule has 0 radical (unpaired) electrons. The molecule has 0 unspecified atom stereocenters. The Morgan fingerprint density at radius 1 is 1.09 bits per heavy atom. The predicted octanol–water partition coefficient (Wildman–Crippen LogP) is 3.10. The highest BCUT2D eigenvalue weighted by atomic mass is 35.5. The lowest BCUT2D eigenvalue weighted by atomic mass is 9.95. The molecule has 2 aromatic rings. The van der Waals surface area contributed by atoms with Crippen LogP contribution in [0.2, 0.25) is 5.02 Å². The van der Waals surface area contributed by atoms with Crippen LogP contribution in [-0.4, -0.2) is 22.2 Å². The molecule has 2 atom stereocenters. The fraction of sp³-hybridized carbons (Fsp3) is 0.176. The first-order chi connectivity index (χ1) is 11.1. The van der Waals surface area contributed by atoms with E-state index in [-0.39, 0.29) is 24.3 Å². The number of carbonyl (C=O) groups excluding carboxylic acids is 2. The van der Waals surface area contributed by atoms with Gasteiger partial charge < -0.3 is 0 Å². The average molecular weight is 349 g/mol. The molecule has 2 amide bonds. The van der Waals surface area contributed by atoms with E-state index in [1.165, 1.54) is 5.01 Å². The van der Waals surface area contributed by atoms with Gasteiger partial charge in [-0.15, -0.1) is 11.6 Å². The van der Waals surface area contributed by atoms with E-state index in [1.807, 2.05) is 30.3 Å². The van der Waals surface area contributed by atoms with E-state index >= 15 is 0 Å². The maximum absolute atomic E-state index is 12.1. The van der Waals surface area contributed by atoms with Gasteiger partial charge in [-0.05, 0) is 23.3 Å². The highest BCUT2D eigenvalue weighted by molar-refractivity contribution is 6.33. The summed E-state index contributed by atoms with van der Waals surface area (Å²) in [5.74, 6) is -0.569. The number of hydrogen-bond donors (Lipinski definition) is 1. The first-order valence-corrected chi connectivity index (χ1v) is 7.94. The van der Waals surface area contributed by atoms with Gasteiger partial charge in [0.05, 0.1) is 6.42 Å². The van der Waals surface area contributed by atoms with E-state index in [1.54, 1.807) is 24.3 Å². The predicted molar refractivity (Wildman–Crippen MR) is 89.0 cm³/mol. The minimum atomic E-state index is -0.687. The van der Waals surface area contributed by atoms with Crippen molar-refractivity contribution in [3.8, 4) is 0 Å². The molecule has 2 aromatic carbocycles. The van der Waals surface area contributed by atoms with Crippen molar-refractivity contribution >= 4 is 35.0 Å². The van der Waals surface area contributed by atoms with Crippen LogP contribution in [0.3, 0.4) is 0 Å². The van der Waals surface area contributed by atoms with Gasteiger partial charge in [0.15, 0.2) is 0 Å². The number of benzene rings is 2. The zero-order valence-electron chi connectivity index (χ0n) is 12.1. The number of alkyl halides is 1. The van der Waals surface area contributed by atoms with Gasteiger partial charge in [0.25, 0.3) is 5.91 Å². The van der Waals surface area contributed by atoms with E-state index in [9.17, 15) is 9.59 Å². The molecule has 0 aromatic heterocycles. The molecule has 1 heterocycles. The summed E-state index contributed by atoms with van der Waals surface area (Å²) < 4.78 is 0. The summed E-state index contributed by atoms with van der Waals surface area (Å²) in [6, 6.07) is 16.0. The Balaban J connectivity index is 1.69. The van der Waals surface area contributed by atoms with Crippen LogP contribution in [0, 0.1) is 0 Å². The maximum atomic E-state index is 12.1. The third-order valence-electron chi connectivity index (χ3n) is 3.69. The number of nitrogens with one attached hydrogen (secondary N) is 1. The molecule has 0 aliphatic carbocycles. The lowest BCUT2D eigenvalue weighted by molar-refractivity contribution is -0.156. The van der Waals surface area contributed by atoms with Gasteiger partial charge >= 0.3 is 0 Å². The Hall–Kier alpha value is -2.04. The van der Waals surface area contributed by atoms with Crippen LogP contribution in [-0.2, 0) is 16.0 Å². The standard InChI is InChI=1S/C17H14Cl2N2O2/c18-13-8-6-12(7-9-13)16-15(19)17(23)21(16)20-14(22)10-11-4-2-1-3-5-11/h1-9,15-16H,10H2,(H,20,22)/t15-,16-/m0/s1. The van der Waals surface area contributed by atoms with Crippen LogP contribution in [0.5, 0.6) is 0 Å². The number of amides is 2. The molecule has 23 heavy (non-hydrogen) atoms. The number of β-lactam (4-membered cyclic amide) rings is 1. The van der Waals surface area contributed by atoms with E-state index in [2.05, 4.69) is 5.43 Å². The largest absolute Gasteiger partial charge is 0.273 e. The van der Waals surface area contributed by atoms with Gasteiger partial charge in [-0.1, -0.05) is 54.1 Å². The first-order valence-electron chi connectivity index (χ1n) is 7.12. The van der Waals surface area contributed by atoms with Crippen LogP contribution >= 0.6 is 23.2 Å². The van der Waals surface area contributed by atoms with Gasteiger partial charge in [-0.2, -0.15) is 0 Å². The van der Waals surface area contributed by atoms with Gasteiger partial charge in [-0.25, -0.2) is 5.01 Å². The number of hydrazine groups is 1. The second-order valence-electron chi connectivity index (χ2n) is 5.30. The molecule has 1 N–H and O–H groups in total. The summed E-state index contributed by atoms with van der Waals surface area (Å²) in [5.41, 5.74) is 4.34. The van der Waals surface area contributed by atoms with Gasteiger partial charge in [0, 0.05) is 5.02 Å². The number of hydrogen-bond acceptors (Lipinski definition) is 2. The lowest BCUT2D eigenvalue weighted by Crippen LogP contribution is -2.63. The fourth-order valence-electron chi connectivity index (χ4n) is 2.51. The third kappa shape index (κ3) is 3.33. The maximum Gasteiger partial charge on any atom is 0.262 e. The normalized spacial score (nSPS) is 20.1. The van der Waals surface area contributed by atoms with Crippen LogP contribution in [0.15, 0.2) is 54.6 Å².